The summed E-state index contributed by atoms with van der Waals surface area (Å²) in [4.78, 5) is 17.7. The molecule has 2 aliphatic heterocycles. The van der Waals surface area contributed by atoms with Crippen molar-refractivity contribution in [3.63, 3.8) is 0 Å². The first-order chi connectivity index (χ1) is 11.5. The molecule has 1 aromatic heterocycles. The van der Waals surface area contributed by atoms with Crippen molar-refractivity contribution in [3.8, 4) is 0 Å². The fourth-order valence-electron chi connectivity index (χ4n) is 4.49. The standard InChI is InChI=1S/C18H25N5O/c1-12(2)23-14-5-6-15(23)11-22(9-8-14)18(24)13-4-7-17-16(10-13)19-20-21(17)3/h4,7,10,12,14-15H,5-6,8-9,11H2,1-3H3. The molecule has 0 aliphatic carbocycles. The van der Waals surface area contributed by atoms with Crippen molar-refractivity contribution < 1.29 is 4.79 Å². The lowest BCUT2D eigenvalue weighted by Crippen LogP contribution is -2.44. The van der Waals surface area contributed by atoms with E-state index < -0.39 is 0 Å². The molecule has 2 aliphatic rings. The molecule has 2 aromatic rings. The van der Waals surface area contributed by atoms with Crippen molar-refractivity contribution >= 4 is 16.9 Å². The molecule has 2 saturated heterocycles. The number of fused-ring (bicyclic) bond motifs is 3. The van der Waals surface area contributed by atoms with Gasteiger partial charge in [-0.1, -0.05) is 5.21 Å². The lowest BCUT2D eigenvalue weighted by Gasteiger charge is -2.32. The van der Waals surface area contributed by atoms with Crippen LogP contribution in [0.25, 0.3) is 11.0 Å². The van der Waals surface area contributed by atoms with Gasteiger partial charge in [0.25, 0.3) is 5.91 Å². The first kappa shape index (κ1) is 15.6. The second-order valence-electron chi connectivity index (χ2n) is 7.38. The number of amides is 1. The van der Waals surface area contributed by atoms with Crippen LogP contribution in [-0.4, -0.2) is 61.9 Å². The molecule has 0 N–H and O–H groups in total. The van der Waals surface area contributed by atoms with Gasteiger partial charge in [0.2, 0.25) is 0 Å². The fraction of sp³-hybridized carbons (Fsp3) is 0.611. The van der Waals surface area contributed by atoms with Crippen LogP contribution in [0.1, 0.15) is 43.5 Å². The van der Waals surface area contributed by atoms with Gasteiger partial charge in [0.15, 0.2) is 0 Å². The van der Waals surface area contributed by atoms with Gasteiger partial charge in [0.1, 0.15) is 5.52 Å². The van der Waals surface area contributed by atoms with Gasteiger partial charge in [-0.2, -0.15) is 0 Å². The monoisotopic (exact) mass is 327 g/mol. The van der Waals surface area contributed by atoms with Crippen LogP contribution in [0.2, 0.25) is 0 Å². The van der Waals surface area contributed by atoms with Crippen LogP contribution in [0.5, 0.6) is 0 Å². The topological polar surface area (TPSA) is 54.3 Å². The quantitative estimate of drug-likeness (QED) is 0.847. The fourth-order valence-corrected chi connectivity index (χ4v) is 4.49. The molecule has 1 aromatic carbocycles. The molecular weight excluding hydrogens is 302 g/mol. The number of carbonyl (C=O) groups excluding carboxylic acids is 1. The number of hydrogen-bond donors (Lipinski definition) is 0. The van der Waals surface area contributed by atoms with E-state index in [1.165, 1.54) is 12.8 Å². The maximum Gasteiger partial charge on any atom is 0.253 e. The van der Waals surface area contributed by atoms with Crippen molar-refractivity contribution in [2.75, 3.05) is 13.1 Å². The van der Waals surface area contributed by atoms with Gasteiger partial charge in [-0.05, 0) is 51.3 Å². The third-order valence-corrected chi connectivity index (χ3v) is 5.58. The van der Waals surface area contributed by atoms with Crippen LogP contribution >= 0.6 is 0 Å². The van der Waals surface area contributed by atoms with Crippen LogP contribution in [-0.2, 0) is 7.05 Å². The Hall–Kier alpha value is -1.95. The highest BCUT2D eigenvalue weighted by Gasteiger charge is 2.39. The Labute approximate surface area is 142 Å². The summed E-state index contributed by atoms with van der Waals surface area (Å²) in [5, 5.41) is 8.15. The number of aryl methyl sites for hydroxylation is 1. The summed E-state index contributed by atoms with van der Waals surface area (Å²) in [5.41, 5.74) is 2.45. The number of hydrogen-bond acceptors (Lipinski definition) is 4. The lowest BCUT2D eigenvalue weighted by atomic mass is 10.1. The maximum atomic E-state index is 13.0. The molecule has 4 rings (SSSR count). The van der Waals surface area contributed by atoms with Gasteiger partial charge in [0.05, 0.1) is 5.52 Å². The zero-order valence-electron chi connectivity index (χ0n) is 14.6. The molecule has 0 spiro atoms. The van der Waals surface area contributed by atoms with E-state index in [0.717, 1.165) is 36.1 Å². The van der Waals surface area contributed by atoms with E-state index in [4.69, 9.17) is 0 Å². The van der Waals surface area contributed by atoms with Crippen LogP contribution in [0, 0.1) is 0 Å². The normalized spacial score (nSPS) is 24.8. The number of likely N-dealkylation sites (tertiary alicyclic amines) is 1. The number of benzene rings is 1. The molecule has 0 radical (unpaired) electrons. The van der Waals surface area contributed by atoms with Crippen LogP contribution in [0.15, 0.2) is 18.2 Å². The third-order valence-electron chi connectivity index (χ3n) is 5.58. The molecule has 6 heteroatoms. The van der Waals surface area contributed by atoms with E-state index >= 15 is 0 Å². The largest absolute Gasteiger partial charge is 0.337 e. The molecule has 3 heterocycles. The van der Waals surface area contributed by atoms with Crippen LogP contribution < -0.4 is 0 Å². The van der Waals surface area contributed by atoms with E-state index in [1.807, 2.05) is 30.1 Å². The average molecular weight is 327 g/mol. The minimum absolute atomic E-state index is 0.124. The summed E-state index contributed by atoms with van der Waals surface area (Å²) in [6.07, 6.45) is 3.56. The second-order valence-corrected chi connectivity index (χ2v) is 7.38. The Morgan fingerprint density at radius 3 is 2.79 bits per heavy atom. The molecule has 2 unspecified atom stereocenters. The molecule has 2 bridgehead atoms. The van der Waals surface area contributed by atoms with Crippen molar-refractivity contribution in [1.82, 2.24) is 24.8 Å². The molecular formula is C18H25N5O. The van der Waals surface area contributed by atoms with Gasteiger partial charge in [-0.15, -0.1) is 5.10 Å². The Kier molecular flexibility index (Phi) is 3.79. The molecule has 6 nitrogen and oxygen atoms in total. The Balaban J connectivity index is 1.57. The van der Waals surface area contributed by atoms with Crippen molar-refractivity contribution in [3.05, 3.63) is 23.8 Å². The summed E-state index contributed by atoms with van der Waals surface area (Å²) in [5.74, 6) is 0.124. The van der Waals surface area contributed by atoms with Gasteiger partial charge in [-0.25, -0.2) is 4.68 Å². The van der Waals surface area contributed by atoms with Gasteiger partial charge in [0, 0.05) is 43.8 Å². The molecule has 2 fully saturated rings. The molecule has 24 heavy (non-hydrogen) atoms. The Bertz CT molecular complexity index is 768. The van der Waals surface area contributed by atoms with E-state index in [-0.39, 0.29) is 5.91 Å². The number of nitrogens with zero attached hydrogens (tertiary/aromatic N) is 5. The zero-order chi connectivity index (χ0) is 16.8. The van der Waals surface area contributed by atoms with Crippen LogP contribution in [0.3, 0.4) is 0 Å². The summed E-state index contributed by atoms with van der Waals surface area (Å²) < 4.78 is 1.73. The third kappa shape index (κ3) is 2.49. The first-order valence-corrected chi connectivity index (χ1v) is 8.90. The lowest BCUT2D eigenvalue weighted by molar-refractivity contribution is 0.0728. The summed E-state index contributed by atoms with van der Waals surface area (Å²) in [6.45, 7) is 6.23. The van der Waals surface area contributed by atoms with Gasteiger partial charge >= 0.3 is 0 Å². The average Bonchev–Trinajstić information content (AvgIpc) is 3.06. The predicted octanol–water partition coefficient (Wildman–Crippen LogP) is 2.06. The predicted molar refractivity (Wildman–Crippen MR) is 92.8 cm³/mol. The van der Waals surface area contributed by atoms with Gasteiger partial charge < -0.3 is 4.90 Å². The van der Waals surface area contributed by atoms with Crippen molar-refractivity contribution in [2.24, 2.45) is 7.05 Å². The second kappa shape index (κ2) is 5.84. The number of rotatable bonds is 2. The highest BCUT2D eigenvalue weighted by molar-refractivity contribution is 5.97. The van der Waals surface area contributed by atoms with Gasteiger partial charge in [-0.3, -0.25) is 9.69 Å². The summed E-state index contributed by atoms with van der Waals surface area (Å²) >= 11 is 0. The molecule has 2 atom stereocenters. The van der Waals surface area contributed by atoms with E-state index in [1.54, 1.807) is 4.68 Å². The van der Waals surface area contributed by atoms with Crippen LogP contribution in [0.4, 0.5) is 0 Å². The Morgan fingerprint density at radius 2 is 2.00 bits per heavy atom. The van der Waals surface area contributed by atoms with Crippen molar-refractivity contribution in [2.45, 2.75) is 51.2 Å². The first-order valence-electron chi connectivity index (χ1n) is 8.90. The number of carbonyl (C=O) groups is 1. The zero-order valence-corrected chi connectivity index (χ0v) is 14.6. The van der Waals surface area contributed by atoms with E-state index in [2.05, 4.69) is 29.1 Å². The van der Waals surface area contributed by atoms with E-state index in [0.29, 0.717) is 18.1 Å². The molecule has 0 saturated carbocycles. The van der Waals surface area contributed by atoms with Crippen molar-refractivity contribution in [1.29, 1.82) is 0 Å². The highest BCUT2D eigenvalue weighted by Crippen LogP contribution is 2.32. The number of aromatic nitrogens is 3. The Morgan fingerprint density at radius 1 is 1.21 bits per heavy atom. The minimum Gasteiger partial charge on any atom is -0.337 e. The smallest absolute Gasteiger partial charge is 0.253 e. The minimum atomic E-state index is 0.124. The summed E-state index contributed by atoms with van der Waals surface area (Å²) in [7, 11) is 1.86. The summed E-state index contributed by atoms with van der Waals surface area (Å²) in [6, 6.07) is 7.39. The van der Waals surface area contributed by atoms with E-state index in [9.17, 15) is 4.79 Å². The highest BCUT2D eigenvalue weighted by atomic mass is 16.2. The molecule has 128 valence electrons. The molecule has 1 amide bonds. The SMILES string of the molecule is CC(C)N1C2CCC1CN(C(=O)c1ccc3c(c1)nnn3C)CC2. The maximum absolute atomic E-state index is 13.0.